The van der Waals surface area contributed by atoms with Crippen LogP contribution in [0.25, 0.3) is 0 Å². The van der Waals surface area contributed by atoms with E-state index >= 15 is 0 Å². The molecule has 0 bridgehead atoms. The Hall–Kier alpha value is -1.57. The number of imidazole rings is 1. The van der Waals surface area contributed by atoms with Gasteiger partial charge in [-0.25, -0.2) is 4.98 Å². The first-order valence-corrected chi connectivity index (χ1v) is 6.90. The Labute approximate surface area is 106 Å². The van der Waals surface area contributed by atoms with E-state index in [2.05, 4.69) is 47.4 Å². The fourth-order valence-corrected chi connectivity index (χ4v) is 5.20. The SMILES string of the molecule is CC1C2c3ccccc3C3(CC3)C12c1cnc[nH]1. The molecule has 90 valence electrons. The zero-order valence-corrected chi connectivity index (χ0v) is 10.5. The largest absolute Gasteiger partial charge is 0.348 e. The molecule has 1 aromatic heterocycles. The molecule has 3 aliphatic carbocycles. The Bertz CT molecular complexity index is 639. The fourth-order valence-electron chi connectivity index (χ4n) is 5.20. The maximum Gasteiger partial charge on any atom is 0.0921 e. The smallest absolute Gasteiger partial charge is 0.0921 e. The number of hydrogen-bond donors (Lipinski definition) is 1. The number of nitrogens with zero attached hydrogens (tertiary/aromatic N) is 1. The molecule has 3 atom stereocenters. The van der Waals surface area contributed by atoms with E-state index < -0.39 is 0 Å². The van der Waals surface area contributed by atoms with Gasteiger partial charge in [0, 0.05) is 22.7 Å². The summed E-state index contributed by atoms with van der Waals surface area (Å²) in [7, 11) is 0. The van der Waals surface area contributed by atoms with Crippen LogP contribution < -0.4 is 0 Å². The molecule has 3 unspecified atom stereocenters. The number of aromatic nitrogens is 2. The lowest BCUT2D eigenvalue weighted by Gasteiger charge is -2.24. The number of benzene rings is 1. The average Bonchev–Trinajstić information content (AvgIpc) is 3.17. The quantitative estimate of drug-likeness (QED) is 0.809. The zero-order valence-electron chi connectivity index (χ0n) is 10.5. The molecule has 2 aromatic rings. The number of hydrogen-bond acceptors (Lipinski definition) is 1. The first kappa shape index (κ1) is 9.37. The van der Waals surface area contributed by atoms with Gasteiger partial charge in [0.05, 0.1) is 6.33 Å². The number of aromatic amines is 1. The van der Waals surface area contributed by atoms with Gasteiger partial charge in [-0.3, -0.25) is 0 Å². The van der Waals surface area contributed by atoms with Crippen LogP contribution in [0.5, 0.6) is 0 Å². The lowest BCUT2D eigenvalue weighted by atomic mass is 9.79. The van der Waals surface area contributed by atoms with Crippen molar-refractivity contribution >= 4 is 0 Å². The molecule has 0 saturated heterocycles. The highest BCUT2D eigenvalue weighted by molar-refractivity contribution is 5.64. The summed E-state index contributed by atoms with van der Waals surface area (Å²) in [5, 5.41) is 0. The van der Waals surface area contributed by atoms with Crippen LogP contribution in [0, 0.1) is 5.92 Å². The molecular formula is C16H16N2. The van der Waals surface area contributed by atoms with Crippen molar-refractivity contribution in [3.63, 3.8) is 0 Å². The highest BCUT2D eigenvalue weighted by atomic mass is 15.0. The lowest BCUT2D eigenvalue weighted by molar-refractivity contribution is 0.474. The second-order valence-corrected chi connectivity index (χ2v) is 6.27. The van der Waals surface area contributed by atoms with E-state index in [1.165, 1.54) is 18.5 Å². The van der Waals surface area contributed by atoms with Crippen LogP contribution in [-0.4, -0.2) is 9.97 Å². The van der Waals surface area contributed by atoms with Crippen molar-refractivity contribution in [3.05, 3.63) is 53.6 Å². The summed E-state index contributed by atoms with van der Waals surface area (Å²) in [6.45, 7) is 2.42. The van der Waals surface area contributed by atoms with Crippen LogP contribution in [0.3, 0.4) is 0 Å². The highest BCUT2D eigenvalue weighted by Crippen LogP contribution is 2.84. The molecule has 1 N–H and O–H groups in total. The molecule has 5 rings (SSSR count). The minimum Gasteiger partial charge on any atom is -0.348 e. The van der Waals surface area contributed by atoms with E-state index in [0.29, 0.717) is 10.8 Å². The second-order valence-electron chi connectivity index (χ2n) is 6.27. The molecule has 1 heterocycles. The minimum absolute atomic E-state index is 0.340. The van der Waals surface area contributed by atoms with Crippen molar-refractivity contribution in [3.8, 4) is 0 Å². The Balaban J connectivity index is 1.82. The summed E-state index contributed by atoms with van der Waals surface area (Å²) >= 11 is 0. The summed E-state index contributed by atoms with van der Waals surface area (Å²) in [6.07, 6.45) is 6.60. The Morgan fingerprint density at radius 1 is 1.28 bits per heavy atom. The maximum atomic E-state index is 4.27. The standard InChI is InChI=1S/C16H16N2/c1-10-14-11-4-2-3-5-12(11)15(6-7-15)16(10,14)13-8-17-9-18-13/h2-5,8-10,14H,6-7H2,1H3,(H,17,18). The summed E-state index contributed by atoms with van der Waals surface area (Å²) < 4.78 is 0. The van der Waals surface area contributed by atoms with Crippen molar-refractivity contribution in [2.24, 2.45) is 5.92 Å². The number of nitrogens with one attached hydrogen (secondary N) is 1. The number of H-pyrrole nitrogens is 1. The van der Waals surface area contributed by atoms with Gasteiger partial charge in [-0.2, -0.15) is 0 Å². The molecule has 1 aromatic carbocycles. The van der Waals surface area contributed by atoms with Crippen LogP contribution in [0.1, 0.15) is 42.5 Å². The van der Waals surface area contributed by atoms with E-state index in [1.807, 2.05) is 6.33 Å². The summed E-state index contributed by atoms with van der Waals surface area (Å²) in [6, 6.07) is 9.11. The van der Waals surface area contributed by atoms with Crippen LogP contribution >= 0.6 is 0 Å². The Kier molecular flexibility index (Phi) is 1.33. The van der Waals surface area contributed by atoms with Gasteiger partial charge in [0.25, 0.3) is 0 Å². The van der Waals surface area contributed by atoms with Crippen LogP contribution in [-0.2, 0) is 10.8 Å². The molecule has 3 aliphatic rings. The molecular weight excluding hydrogens is 220 g/mol. The number of rotatable bonds is 1. The van der Waals surface area contributed by atoms with Gasteiger partial charge in [0.15, 0.2) is 0 Å². The van der Waals surface area contributed by atoms with Crippen molar-refractivity contribution in [1.82, 2.24) is 9.97 Å². The molecule has 0 radical (unpaired) electrons. The van der Waals surface area contributed by atoms with Crippen LogP contribution in [0.4, 0.5) is 0 Å². The second kappa shape index (κ2) is 2.56. The predicted molar refractivity (Wildman–Crippen MR) is 69.5 cm³/mol. The third-order valence-electron chi connectivity index (χ3n) is 5.90. The molecule has 2 nitrogen and oxygen atoms in total. The Morgan fingerprint density at radius 3 is 2.83 bits per heavy atom. The van der Waals surface area contributed by atoms with Gasteiger partial charge < -0.3 is 4.98 Å². The molecule has 0 aliphatic heterocycles. The van der Waals surface area contributed by atoms with Gasteiger partial charge in [0.1, 0.15) is 0 Å². The van der Waals surface area contributed by atoms with E-state index in [4.69, 9.17) is 0 Å². The van der Waals surface area contributed by atoms with Crippen molar-refractivity contribution in [2.45, 2.75) is 36.5 Å². The predicted octanol–water partition coefficient (Wildman–Crippen LogP) is 3.13. The third-order valence-corrected chi connectivity index (χ3v) is 5.90. The lowest BCUT2D eigenvalue weighted by Crippen LogP contribution is -2.26. The number of fused-ring (bicyclic) bond motifs is 5. The zero-order chi connectivity index (χ0) is 12.0. The van der Waals surface area contributed by atoms with Gasteiger partial charge in [-0.15, -0.1) is 0 Å². The minimum atomic E-state index is 0.340. The summed E-state index contributed by atoms with van der Waals surface area (Å²) in [5.41, 5.74) is 5.38. The topological polar surface area (TPSA) is 28.7 Å². The van der Waals surface area contributed by atoms with Crippen LogP contribution in [0.15, 0.2) is 36.8 Å². The van der Waals surface area contributed by atoms with Gasteiger partial charge in [0.2, 0.25) is 0 Å². The van der Waals surface area contributed by atoms with Crippen LogP contribution in [0.2, 0.25) is 0 Å². The van der Waals surface area contributed by atoms with E-state index in [0.717, 1.165) is 11.8 Å². The third kappa shape index (κ3) is 0.713. The van der Waals surface area contributed by atoms with Gasteiger partial charge in [-0.05, 0) is 35.8 Å². The summed E-state index contributed by atoms with van der Waals surface area (Å²) in [4.78, 5) is 7.68. The normalized spacial score (nSPS) is 37.4. The Morgan fingerprint density at radius 2 is 2.11 bits per heavy atom. The fraction of sp³-hybridized carbons (Fsp3) is 0.438. The first-order chi connectivity index (χ1) is 8.82. The van der Waals surface area contributed by atoms with Gasteiger partial charge in [-0.1, -0.05) is 31.2 Å². The molecule has 2 heteroatoms. The van der Waals surface area contributed by atoms with Crippen molar-refractivity contribution < 1.29 is 0 Å². The average molecular weight is 236 g/mol. The molecule has 2 fully saturated rings. The van der Waals surface area contributed by atoms with Crippen molar-refractivity contribution in [1.29, 1.82) is 0 Å². The van der Waals surface area contributed by atoms with E-state index in [-0.39, 0.29) is 0 Å². The molecule has 2 saturated carbocycles. The molecule has 18 heavy (non-hydrogen) atoms. The monoisotopic (exact) mass is 236 g/mol. The highest BCUT2D eigenvalue weighted by Gasteiger charge is 2.82. The molecule has 1 spiro atoms. The van der Waals surface area contributed by atoms with Gasteiger partial charge >= 0.3 is 0 Å². The maximum absolute atomic E-state index is 4.27. The molecule has 0 amide bonds. The first-order valence-electron chi connectivity index (χ1n) is 6.90. The van der Waals surface area contributed by atoms with E-state index in [9.17, 15) is 0 Å². The van der Waals surface area contributed by atoms with Crippen molar-refractivity contribution in [2.75, 3.05) is 0 Å². The van der Waals surface area contributed by atoms with E-state index in [1.54, 1.807) is 11.1 Å². The summed E-state index contributed by atoms with van der Waals surface area (Å²) in [5.74, 6) is 1.48.